The summed E-state index contributed by atoms with van der Waals surface area (Å²) in [6.45, 7) is 4.30. The Morgan fingerprint density at radius 2 is 1.76 bits per heavy atom. The Labute approximate surface area is 245 Å². The summed E-state index contributed by atoms with van der Waals surface area (Å²) in [6.07, 6.45) is -1.88. The van der Waals surface area contributed by atoms with Crippen LogP contribution in [0.4, 0.5) is 28.0 Å². The Hall–Kier alpha value is -4.52. The molecule has 220 valence electrons. The number of amides is 2. The maximum atomic E-state index is 13.6. The van der Waals surface area contributed by atoms with E-state index in [-0.39, 0.29) is 22.6 Å². The first-order valence-corrected chi connectivity index (χ1v) is 13.4. The molecule has 0 unspecified atom stereocenters. The second kappa shape index (κ2) is 13.4. The molecule has 0 spiro atoms. The van der Waals surface area contributed by atoms with Crippen molar-refractivity contribution >= 4 is 29.0 Å². The van der Waals surface area contributed by atoms with Crippen LogP contribution in [0.5, 0.6) is 5.75 Å². The fourth-order valence-electron chi connectivity index (χ4n) is 4.06. The third-order valence-electron chi connectivity index (χ3n) is 6.08. The number of thiocarbonyl (C=S) groups is 1. The predicted molar refractivity (Wildman–Crippen MR) is 155 cm³/mol. The summed E-state index contributed by atoms with van der Waals surface area (Å²) in [5, 5.41) is 12.8. The number of aryl methyl sites for hydroxylation is 1. The highest BCUT2D eigenvalue weighted by Crippen LogP contribution is 2.26. The highest BCUT2D eigenvalue weighted by Gasteiger charge is 2.31. The van der Waals surface area contributed by atoms with Crippen LogP contribution in [0, 0.1) is 5.82 Å². The summed E-state index contributed by atoms with van der Waals surface area (Å²) >= 11 is 5.22. The molecule has 3 N–H and O–H groups in total. The van der Waals surface area contributed by atoms with Gasteiger partial charge in [0.25, 0.3) is 0 Å². The number of urea groups is 1. The zero-order valence-corrected chi connectivity index (χ0v) is 23.5. The number of nitrogens with one attached hydrogen (secondary N) is 3. The normalized spacial score (nSPS) is 11.3. The van der Waals surface area contributed by atoms with Crippen molar-refractivity contribution in [1.29, 1.82) is 0 Å². The smallest absolute Gasteiger partial charge is 0.406 e. The van der Waals surface area contributed by atoms with Gasteiger partial charge in [-0.3, -0.25) is 5.32 Å². The van der Waals surface area contributed by atoms with E-state index in [1.807, 2.05) is 38.1 Å². The number of hydrogen-bond acceptors (Lipinski definition) is 5. The lowest BCUT2D eigenvalue weighted by Gasteiger charge is -2.16. The van der Waals surface area contributed by atoms with Crippen molar-refractivity contribution in [3.05, 3.63) is 90.0 Å². The van der Waals surface area contributed by atoms with Gasteiger partial charge in [0.15, 0.2) is 10.9 Å². The van der Waals surface area contributed by atoms with Gasteiger partial charge in [-0.1, -0.05) is 38.1 Å². The fraction of sp³-hybridized carbons (Fsp3) is 0.241. The molecule has 0 saturated heterocycles. The third kappa shape index (κ3) is 8.74. The molecule has 8 nitrogen and oxygen atoms in total. The number of anilines is 1. The van der Waals surface area contributed by atoms with Gasteiger partial charge < -0.3 is 15.4 Å². The standard InChI is InChI=1S/C29H28F4N6O2S/c1-18(2)24-16-21(30)9-14-25(24)36-28(42)37-27(40)34-15-3-4-19-5-7-20(8-6-19)26-35-17-39(38-26)22-10-12-23(13-11-22)41-29(31,32)33/h5-14,16-18H,3-4,15H2,1-2H3,(H3,34,36,37,40,42). The van der Waals surface area contributed by atoms with E-state index >= 15 is 0 Å². The molecule has 4 aromatic rings. The number of carbonyl (C=O) groups is 1. The number of nitrogens with zero attached hydrogens (tertiary/aromatic N) is 3. The quantitative estimate of drug-likeness (QED) is 0.112. The summed E-state index contributed by atoms with van der Waals surface area (Å²) in [4.78, 5) is 16.5. The average molecular weight is 601 g/mol. The van der Waals surface area contributed by atoms with Gasteiger partial charge in [-0.05, 0) is 84.6 Å². The second-order valence-corrected chi connectivity index (χ2v) is 9.98. The number of carbonyl (C=O) groups excluding carboxylic acids is 1. The predicted octanol–water partition coefficient (Wildman–Crippen LogP) is 6.72. The highest BCUT2D eigenvalue weighted by atomic mass is 32.1. The van der Waals surface area contributed by atoms with E-state index in [2.05, 4.69) is 30.8 Å². The van der Waals surface area contributed by atoms with Crippen LogP contribution in [0.15, 0.2) is 73.1 Å². The molecular formula is C29H28F4N6O2S. The molecule has 0 radical (unpaired) electrons. The molecule has 13 heteroatoms. The van der Waals surface area contributed by atoms with E-state index in [0.717, 1.165) is 16.7 Å². The van der Waals surface area contributed by atoms with Gasteiger partial charge >= 0.3 is 12.4 Å². The molecule has 42 heavy (non-hydrogen) atoms. The van der Waals surface area contributed by atoms with Crippen LogP contribution >= 0.6 is 12.2 Å². The van der Waals surface area contributed by atoms with Gasteiger partial charge in [-0.2, -0.15) is 0 Å². The molecule has 1 aromatic heterocycles. The van der Waals surface area contributed by atoms with Crippen molar-refractivity contribution in [1.82, 2.24) is 25.4 Å². The lowest BCUT2D eigenvalue weighted by molar-refractivity contribution is -0.274. The second-order valence-electron chi connectivity index (χ2n) is 9.58. The van der Waals surface area contributed by atoms with Crippen LogP contribution in [0.2, 0.25) is 0 Å². The van der Waals surface area contributed by atoms with E-state index in [1.165, 1.54) is 47.4 Å². The van der Waals surface area contributed by atoms with Gasteiger partial charge in [-0.25, -0.2) is 18.9 Å². The molecule has 4 rings (SSSR count). The van der Waals surface area contributed by atoms with Crippen molar-refractivity contribution < 1.29 is 27.1 Å². The summed E-state index contributed by atoms with van der Waals surface area (Å²) in [5.74, 6) is -0.130. The molecule has 0 aliphatic heterocycles. The molecular weight excluding hydrogens is 572 g/mol. The van der Waals surface area contributed by atoms with Gasteiger partial charge in [0.1, 0.15) is 17.9 Å². The first-order valence-electron chi connectivity index (χ1n) is 13.0. The molecule has 0 atom stereocenters. The van der Waals surface area contributed by atoms with Crippen LogP contribution in [-0.4, -0.2) is 38.8 Å². The van der Waals surface area contributed by atoms with Crippen molar-refractivity contribution in [3.8, 4) is 22.8 Å². The Morgan fingerprint density at radius 3 is 2.43 bits per heavy atom. The molecule has 1 heterocycles. The molecule has 0 aliphatic carbocycles. The van der Waals surface area contributed by atoms with Crippen LogP contribution < -0.4 is 20.7 Å². The Morgan fingerprint density at radius 1 is 1.05 bits per heavy atom. The Bertz CT molecular complexity index is 1520. The maximum Gasteiger partial charge on any atom is 0.573 e. The largest absolute Gasteiger partial charge is 0.573 e. The minimum Gasteiger partial charge on any atom is -0.406 e. The van der Waals surface area contributed by atoms with Crippen molar-refractivity contribution in [2.45, 2.75) is 39.0 Å². The topological polar surface area (TPSA) is 93.1 Å². The first kappa shape index (κ1) is 30.4. The van der Waals surface area contributed by atoms with Crippen LogP contribution in [0.25, 0.3) is 17.1 Å². The Kier molecular flexibility index (Phi) is 9.73. The minimum absolute atomic E-state index is 0.0682. The third-order valence-corrected chi connectivity index (χ3v) is 6.28. The number of hydrogen-bond donors (Lipinski definition) is 3. The van der Waals surface area contributed by atoms with Crippen molar-refractivity contribution in [3.63, 3.8) is 0 Å². The SMILES string of the molecule is CC(C)c1cc(F)ccc1NC(=S)NC(=O)NCCCc1ccc(-c2ncn(-c3ccc(OC(F)(F)F)cc3)n2)cc1. The lowest BCUT2D eigenvalue weighted by Crippen LogP contribution is -2.42. The summed E-state index contributed by atoms with van der Waals surface area (Å²) in [7, 11) is 0. The van der Waals surface area contributed by atoms with Gasteiger partial charge in [0, 0.05) is 17.8 Å². The monoisotopic (exact) mass is 600 g/mol. The fourth-order valence-corrected chi connectivity index (χ4v) is 4.26. The molecule has 0 fully saturated rings. The zero-order chi connectivity index (χ0) is 30.3. The van der Waals surface area contributed by atoms with Crippen LogP contribution in [-0.2, 0) is 6.42 Å². The van der Waals surface area contributed by atoms with Gasteiger partial charge in [0.2, 0.25) is 0 Å². The number of ether oxygens (including phenoxy) is 1. The van der Waals surface area contributed by atoms with Crippen molar-refractivity contribution in [2.75, 3.05) is 11.9 Å². The number of alkyl halides is 3. The van der Waals surface area contributed by atoms with E-state index in [1.54, 1.807) is 6.07 Å². The molecule has 0 bridgehead atoms. The van der Waals surface area contributed by atoms with E-state index in [4.69, 9.17) is 12.2 Å². The molecule has 0 aliphatic rings. The highest BCUT2D eigenvalue weighted by molar-refractivity contribution is 7.80. The van der Waals surface area contributed by atoms with Crippen LogP contribution in [0.3, 0.4) is 0 Å². The van der Waals surface area contributed by atoms with E-state index < -0.39 is 12.4 Å². The lowest BCUT2D eigenvalue weighted by atomic mass is 10.0. The number of benzene rings is 3. The van der Waals surface area contributed by atoms with Gasteiger partial charge in [-0.15, -0.1) is 18.3 Å². The number of rotatable bonds is 9. The van der Waals surface area contributed by atoms with Crippen molar-refractivity contribution in [2.24, 2.45) is 0 Å². The van der Waals surface area contributed by atoms with E-state index in [0.29, 0.717) is 36.6 Å². The van der Waals surface area contributed by atoms with Crippen LogP contribution in [0.1, 0.15) is 37.3 Å². The maximum absolute atomic E-state index is 13.6. The molecule has 0 saturated carbocycles. The Balaban J connectivity index is 1.21. The minimum atomic E-state index is -4.75. The zero-order valence-electron chi connectivity index (χ0n) is 22.7. The summed E-state index contributed by atoms with van der Waals surface area (Å²) in [6, 6.07) is 16.9. The first-order chi connectivity index (χ1) is 20.0. The number of halogens is 4. The molecule has 3 aromatic carbocycles. The van der Waals surface area contributed by atoms with Gasteiger partial charge in [0.05, 0.1) is 5.69 Å². The molecule has 2 amide bonds. The summed E-state index contributed by atoms with van der Waals surface area (Å²) < 4.78 is 56.0. The number of aromatic nitrogens is 3. The summed E-state index contributed by atoms with van der Waals surface area (Å²) in [5.41, 5.74) is 3.74. The van der Waals surface area contributed by atoms with E-state index in [9.17, 15) is 22.4 Å². The average Bonchev–Trinajstić information content (AvgIpc) is 3.42.